The Morgan fingerprint density at radius 3 is 2.79 bits per heavy atom. The van der Waals surface area contributed by atoms with Crippen LogP contribution in [0.25, 0.3) is 0 Å². The molecule has 0 heterocycles. The molecule has 0 spiro atoms. The first-order valence-corrected chi connectivity index (χ1v) is 8.13. The molecular weight excluding hydrogens is 254 g/mol. The number of nitrogens with one attached hydrogen (secondary N) is 1. The molecule has 1 N–H and O–H groups in total. The van der Waals surface area contributed by atoms with Crippen LogP contribution in [0.2, 0.25) is 0 Å². The van der Waals surface area contributed by atoms with E-state index in [0.717, 1.165) is 11.7 Å². The third-order valence-electron chi connectivity index (χ3n) is 4.20. The molecule has 0 amide bonds. The third-order valence-corrected chi connectivity index (χ3v) is 5.61. The van der Waals surface area contributed by atoms with Crippen LogP contribution in [0.1, 0.15) is 32.6 Å². The molecule has 0 aromatic heterocycles. The summed E-state index contributed by atoms with van der Waals surface area (Å²) >= 11 is 1.98. The Kier molecular flexibility index (Phi) is 5.59. The van der Waals surface area contributed by atoms with Crippen LogP contribution in [0.5, 0.6) is 5.75 Å². The maximum atomic E-state index is 5.47. The van der Waals surface area contributed by atoms with Crippen molar-refractivity contribution < 1.29 is 4.74 Å². The maximum Gasteiger partial charge on any atom is 0.132 e. The van der Waals surface area contributed by atoms with Crippen LogP contribution in [0.4, 0.5) is 0 Å². The first kappa shape index (κ1) is 14.7. The molecule has 3 heteroatoms. The molecule has 1 aliphatic rings. The van der Waals surface area contributed by atoms with E-state index in [4.69, 9.17) is 4.74 Å². The fourth-order valence-electron chi connectivity index (χ4n) is 2.92. The minimum atomic E-state index is 0.623. The van der Waals surface area contributed by atoms with Crippen molar-refractivity contribution in [2.75, 3.05) is 14.2 Å². The van der Waals surface area contributed by atoms with E-state index in [2.05, 4.69) is 37.5 Å². The molecule has 1 aromatic carbocycles. The predicted molar refractivity (Wildman–Crippen MR) is 83.1 cm³/mol. The van der Waals surface area contributed by atoms with Gasteiger partial charge in [0.1, 0.15) is 5.75 Å². The number of hydrogen-bond acceptors (Lipinski definition) is 3. The van der Waals surface area contributed by atoms with Crippen molar-refractivity contribution in [2.45, 2.75) is 48.8 Å². The quantitative estimate of drug-likeness (QED) is 0.881. The first-order chi connectivity index (χ1) is 9.28. The van der Waals surface area contributed by atoms with Gasteiger partial charge in [-0.3, -0.25) is 0 Å². The van der Waals surface area contributed by atoms with E-state index in [1.165, 1.54) is 30.6 Å². The summed E-state index contributed by atoms with van der Waals surface area (Å²) < 4.78 is 5.47. The highest BCUT2D eigenvalue weighted by Crippen LogP contribution is 2.40. The Labute approximate surface area is 121 Å². The summed E-state index contributed by atoms with van der Waals surface area (Å²) in [5.74, 6) is 1.89. The lowest BCUT2D eigenvalue weighted by Crippen LogP contribution is -2.40. The van der Waals surface area contributed by atoms with Crippen molar-refractivity contribution in [2.24, 2.45) is 5.92 Å². The van der Waals surface area contributed by atoms with Gasteiger partial charge in [0.15, 0.2) is 0 Å². The van der Waals surface area contributed by atoms with E-state index in [1.807, 2.05) is 17.8 Å². The molecule has 1 aliphatic carbocycles. The summed E-state index contributed by atoms with van der Waals surface area (Å²) in [5.41, 5.74) is 0. The molecule has 0 radical (unpaired) electrons. The van der Waals surface area contributed by atoms with E-state index >= 15 is 0 Å². The summed E-state index contributed by atoms with van der Waals surface area (Å²) in [6.07, 6.45) is 5.27. The molecule has 1 aromatic rings. The predicted octanol–water partition coefficient (Wildman–Crippen LogP) is 3.95. The van der Waals surface area contributed by atoms with E-state index in [-0.39, 0.29) is 0 Å². The average Bonchev–Trinajstić information content (AvgIpc) is 2.47. The van der Waals surface area contributed by atoms with Gasteiger partial charge in [-0.1, -0.05) is 25.5 Å². The summed E-state index contributed by atoms with van der Waals surface area (Å²) in [6.45, 7) is 2.31. The Hall–Kier alpha value is -0.670. The second kappa shape index (κ2) is 7.20. The van der Waals surface area contributed by atoms with Crippen molar-refractivity contribution in [3.63, 3.8) is 0 Å². The molecule has 3 unspecified atom stereocenters. The number of hydrogen-bond donors (Lipinski definition) is 1. The molecule has 0 aliphatic heterocycles. The zero-order valence-corrected chi connectivity index (χ0v) is 13.0. The van der Waals surface area contributed by atoms with Gasteiger partial charge in [0.2, 0.25) is 0 Å². The standard InChI is InChI=1S/C16H25NOS/c1-4-12-9-10-13(17-2)16(11-12)19-15-8-6-5-7-14(15)18-3/h5-8,12-13,16-17H,4,9-11H2,1-3H3. The largest absolute Gasteiger partial charge is 0.496 e. The lowest BCUT2D eigenvalue weighted by molar-refractivity contribution is 0.304. The Bertz CT molecular complexity index is 396. The molecule has 3 atom stereocenters. The second-order valence-corrected chi connectivity index (χ2v) is 6.57. The van der Waals surface area contributed by atoms with Gasteiger partial charge in [-0.15, -0.1) is 11.8 Å². The molecule has 2 rings (SSSR count). The van der Waals surface area contributed by atoms with Gasteiger partial charge in [-0.2, -0.15) is 0 Å². The summed E-state index contributed by atoms with van der Waals surface area (Å²) in [5, 5.41) is 4.15. The van der Waals surface area contributed by atoms with Gasteiger partial charge >= 0.3 is 0 Å². The van der Waals surface area contributed by atoms with Gasteiger partial charge in [0, 0.05) is 16.2 Å². The summed E-state index contributed by atoms with van der Waals surface area (Å²) in [4.78, 5) is 1.27. The Balaban J connectivity index is 2.09. The Morgan fingerprint density at radius 1 is 1.32 bits per heavy atom. The van der Waals surface area contributed by atoms with Crippen LogP contribution in [-0.2, 0) is 0 Å². The molecule has 0 bridgehead atoms. The topological polar surface area (TPSA) is 21.3 Å². The second-order valence-electron chi connectivity index (χ2n) is 5.29. The van der Waals surface area contributed by atoms with Crippen LogP contribution in [0.3, 0.4) is 0 Å². The number of benzene rings is 1. The van der Waals surface area contributed by atoms with E-state index in [1.54, 1.807) is 7.11 Å². The number of para-hydroxylation sites is 1. The smallest absolute Gasteiger partial charge is 0.132 e. The van der Waals surface area contributed by atoms with Crippen LogP contribution >= 0.6 is 11.8 Å². The fourth-order valence-corrected chi connectivity index (χ4v) is 4.48. The van der Waals surface area contributed by atoms with Crippen LogP contribution < -0.4 is 10.1 Å². The molecule has 0 saturated heterocycles. The molecule has 106 valence electrons. The highest BCUT2D eigenvalue weighted by atomic mass is 32.2. The SMILES string of the molecule is CCC1CCC(NC)C(Sc2ccccc2OC)C1. The molecule has 2 nitrogen and oxygen atoms in total. The minimum absolute atomic E-state index is 0.623. The third kappa shape index (κ3) is 3.67. The fraction of sp³-hybridized carbons (Fsp3) is 0.625. The normalized spacial score (nSPS) is 27.2. The highest BCUT2D eigenvalue weighted by molar-refractivity contribution is 8.00. The number of ether oxygens (including phenoxy) is 1. The van der Waals surface area contributed by atoms with Gasteiger partial charge in [0.05, 0.1) is 7.11 Å². The van der Waals surface area contributed by atoms with Crippen LogP contribution in [0, 0.1) is 5.92 Å². The molecular formula is C16H25NOS. The lowest BCUT2D eigenvalue weighted by atomic mass is 9.84. The molecule has 1 saturated carbocycles. The summed E-state index contributed by atoms with van der Waals surface area (Å²) in [7, 11) is 3.84. The Morgan fingerprint density at radius 2 is 2.11 bits per heavy atom. The van der Waals surface area contributed by atoms with E-state index in [0.29, 0.717) is 11.3 Å². The van der Waals surface area contributed by atoms with Crippen molar-refractivity contribution in [1.29, 1.82) is 0 Å². The first-order valence-electron chi connectivity index (χ1n) is 7.25. The van der Waals surface area contributed by atoms with Crippen molar-refractivity contribution >= 4 is 11.8 Å². The van der Waals surface area contributed by atoms with Gasteiger partial charge < -0.3 is 10.1 Å². The highest BCUT2D eigenvalue weighted by Gasteiger charge is 2.30. The van der Waals surface area contributed by atoms with Gasteiger partial charge in [-0.25, -0.2) is 0 Å². The lowest BCUT2D eigenvalue weighted by Gasteiger charge is -2.35. The van der Waals surface area contributed by atoms with Gasteiger partial charge in [0.25, 0.3) is 0 Å². The number of rotatable bonds is 5. The van der Waals surface area contributed by atoms with Crippen molar-refractivity contribution in [3.05, 3.63) is 24.3 Å². The van der Waals surface area contributed by atoms with Crippen LogP contribution in [-0.4, -0.2) is 25.4 Å². The number of thioether (sulfide) groups is 1. The van der Waals surface area contributed by atoms with Crippen molar-refractivity contribution in [1.82, 2.24) is 5.32 Å². The van der Waals surface area contributed by atoms with Crippen molar-refractivity contribution in [3.8, 4) is 5.75 Å². The van der Waals surface area contributed by atoms with E-state index < -0.39 is 0 Å². The van der Waals surface area contributed by atoms with E-state index in [9.17, 15) is 0 Å². The monoisotopic (exact) mass is 279 g/mol. The molecule has 1 fully saturated rings. The number of methoxy groups -OCH3 is 1. The van der Waals surface area contributed by atoms with Gasteiger partial charge in [-0.05, 0) is 44.4 Å². The molecule has 19 heavy (non-hydrogen) atoms. The maximum absolute atomic E-state index is 5.47. The zero-order valence-electron chi connectivity index (χ0n) is 12.2. The zero-order chi connectivity index (χ0) is 13.7. The van der Waals surface area contributed by atoms with Crippen LogP contribution in [0.15, 0.2) is 29.2 Å². The average molecular weight is 279 g/mol. The minimum Gasteiger partial charge on any atom is -0.496 e. The summed E-state index contributed by atoms with van der Waals surface area (Å²) in [6, 6.07) is 8.98.